The van der Waals surface area contributed by atoms with Crippen LogP contribution in [0, 0.1) is 0 Å². The van der Waals surface area contributed by atoms with E-state index in [4.69, 9.17) is 4.98 Å². The number of nitrogens with one attached hydrogen (secondary N) is 1. The highest BCUT2D eigenvalue weighted by molar-refractivity contribution is 5.92. The van der Waals surface area contributed by atoms with Crippen molar-refractivity contribution < 1.29 is 4.79 Å². The lowest BCUT2D eigenvalue weighted by molar-refractivity contribution is 0.0628. The molecule has 5 rings (SSSR count). The van der Waals surface area contributed by atoms with Crippen molar-refractivity contribution in [3.05, 3.63) is 35.2 Å². The third-order valence-electron chi connectivity index (χ3n) is 6.62. The number of imidazole rings is 1. The van der Waals surface area contributed by atoms with Gasteiger partial charge in [0.15, 0.2) is 0 Å². The molecule has 1 fully saturated rings. The Morgan fingerprint density at radius 2 is 2.07 bits per heavy atom. The van der Waals surface area contributed by atoms with Crippen molar-refractivity contribution in [2.24, 2.45) is 0 Å². The minimum atomic E-state index is -0.0440. The van der Waals surface area contributed by atoms with Gasteiger partial charge in [-0.05, 0) is 31.2 Å². The van der Waals surface area contributed by atoms with Crippen molar-refractivity contribution >= 4 is 11.9 Å². The first-order valence-electron chi connectivity index (χ1n) is 10.7. The predicted molar refractivity (Wildman–Crippen MR) is 110 cm³/mol. The maximum atomic E-state index is 13.3. The standard InChI is InChI=1S/C21H29N7O/c1-26(2)20-23-12-15-4-7-21(18(15)25-20)6-3-10-28(14-21)19(29)16-13-27-11-9-22-8-5-17(27)24-16/h12-13,22H,3-11,14H2,1-2H3. The summed E-state index contributed by atoms with van der Waals surface area (Å²) >= 11 is 0. The Morgan fingerprint density at radius 1 is 1.17 bits per heavy atom. The zero-order valence-electron chi connectivity index (χ0n) is 17.3. The number of hydrogen-bond donors (Lipinski definition) is 1. The van der Waals surface area contributed by atoms with E-state index in [0.717, 1.165) is 82.3 Å². The molecule has 1 saturated heterocycles. The normalized spacial score (nSPS) is 23.6. The first-order chi connectivity index (χ1) is 14.1. The van der Waals surface area contributed by atoms with E-state index in [1.54, 1.807) is 0 Å². The van der Waals surface area contributed by atoms with Gasteiger partial charge in [0, 0.05) is 71.0 Å². The minimum Gasteiger partial charge on any atom is -0.347 e. The molecule has 29 heavy (non-hydrogen) atoms. The zero-order chi connectivity index (χ0) is 20.0. The van der Waals surface area contributed by atoms with Crippen molar-refractivity contribution in [3.63, 3.8) is 0 Å². The summed E-state index contributed by atoms with van der Waals surface area (Å²) in [6.07, 6.45) is 8.92. The van der Waals surface area contributed by atoms with E-state index < -0.39 is 0 Å². The van der Waals surface area contributed by atoms with Crippen LogP contribution in [0.15, 0.2) is 12.4 Å². The van der Waals surface area contributed by atoms with Crippen LogP contribution in [0.5, 0.6) is 0 Å². The fourth-order valence-corrected chi connectivity index (χ4v) is 5.09. The van der Waals surface area contributed by atoms with Gasteiger partial charge in [-0.2, -0.15) is 0 Å². The average molecular weight is 396 g/mol. The Kier molecular flexibility index (Phi) is 4.53. The lowest BCUT2D eigenvalue weighted by atomic mass is 9.77. The quantitative estimate of drug-likeness (QED) is 0.818. The van der Waals surface area contributed by atoms with Gasteiger partial charge < -0.3 is 19.7 Å². The average Bonchev–Trinajstić information content (AvgIpc) is 3.21. The molecule has 0 bridgehead atoms. The van der Waals surface area contributed by atoms with Crippen LogP contribution in [-0.4, -0.2) is 70.6 Å². The number of carbonyl (C=O) groups is 1. The molecule has 4 heterocycles. The monoisotopic (exact) mass is 395 g/mol. The molecule has 0 aromatic carbocycles. The lowest BCUT2D eigenvalue weighted by Crippen LogP contribution is -2.48. The zero-order valence-corrected chi connectivity index (χ0v) is 17.3. The maximum Gasteiger partial charge on any atom is 0.274 e. The fourth-order valence-electron chi connectivity index (χ4n) is 5.09. The van der Waals surface area contributed by atoms with Gasteiger partial charge in [0.25, 0.3) is 5.91 Å². The number of likely N-dealkylation sites (tertiary alicyclic amines) is 1. The molecule has 0 radical (unpaired) electrons. The summed E-state index contributed by atoms with van der Waals surface area (Å²) in [7, 11) is 3.94. The molecule has 2 aromatic rings. The van der Waals surface area contributed by atoms with Crippen LogP contribution in [-0.2, 0) is 24.8 Å². The summed E-state index contributed by atoms with van der Waals surface area (Å²) in [4.78, 5) is 31.4. The second kappa shape index (κ2) is 7.09. The van der Waals surface area contributed by atoms with E-state index in [9.17, 15) is 4.79 Å². The third kappa shape index (κ3) is 3.19. The van der Waals surface area contributed by atoms with Crippen LogP contribution >= 0.6 is 0 Å². The van der Waals surface area contributed by atoms with E-state index in [-0.39, 0.29) is 11.3 Å². The molecule has 2 aliphatic heterocycles. The van der Waals surface area contributed by atoms with Crippen molar-refractivity contribution in [2.45, 2.75) is 44.1 Å². The summed E-state index contributed by atoms with van der Waals surface area (Å²) in [6, 6.07) is 0. The number of aryl methyl sites for hydroxylation is 1. The maximum absolute atomic E-state index is 13.3. The predicted octanol–water partition coefficient (Wildman–Crippen LogP) is 1.01. The van der Waals surface area contributed by atoms with E-state index in [0.29, 0.717) is 5.69 Å². The molecule has 1 unspecified atom stereocenters. The number of rotatable bonds is 2. The highest BCUT2D eigenvalue weighted by atomic mass is 16.2. The van der Waals surface area contributed by atoms with Gasteiger partial charge in [-0.3, -0.25) is 4.79 Å². The molecule has 0 saturated carbocycles. The molecule has 1 amide bonds. The molecule has 2 aromatic heterocycles. The van der Waals surface area contributed by atoms with Gasteiger partial charge in [-0.1, -0.05) is 0 Å². The first-order valence-corrected chi connectivity index (χ1v) is 10.7. The molecule has 1 aliphatic carbocycles. The second-order valence-corrected chi connectivity index (χ2v) is 8.78. The van der Waals surface area contributed by atoms with E-state index in [1.165, 1.54) is 5.56 Å². The van der Waals surface area contributed by atoms with E-state index >= 15 is 0 Å². The molecule has 8 nitrogen and oxygen atoms in total. The number of amides is 1. The number of piperidine rings is 1. The molecule has 1 N–H and O–H groups in total. The molecular formula is C21H29N7O. The highest BCUT2D eigenvalue weighted by Gasteiger charge is 2.45. The largest absolute Gasteiger partial charge is 0.347 e. The summed E-state index contributed by atoms with van der Waals surface area (Å²) in [5.41, 5.74) is 2.94. The van der Waals surface area contributed by atoms with Gasteiger partial charge >= 0.3 is 0 Å². The molecule has 3 aliphatic rings. The van der Waals surface area contributed by atoms with Gasteiger partial charge in [-0.25, -0.2) is 15.0 Å². The molecule has 8 heteroatoms. The van der Waals surface area contributed by atoms with Crippen LogP contribution < -0.4 is 10.2 Å². The number of anilines is 1. The summed E-state index contributed by atoms with van der Waals surface area (Å²) in [5, 5.41) is 3.38. The SMILES string of the molecule is CN(C)c1ncc2c(n1)C1(CCCN(C(=O)c3cn4c(n3)CCNCC4)C1)CC2. The summed E-state index contributed by atoms with van der Waals surface area (Å²) in [6.45, 7) is 4.24. The van der Waals surface area contributed by atoms with Crippen LogP contribution in [0.25, 0.3) is 0 Å². The van der Waals surface area contributed by atoms with E-state index in [2.05, 4.69) is 19.9 Å². The van der Waals surface area contributed by atoms with Crippen LogP contribution in [0.4, 0.5) is 5.95 Å². The van der Waals surface area contributed by atoms with Gasteiger partial charge in [0.05, 0.1) is 5.69 Å². The Hall–Kier alpha value is -2.48. The van der Waals surface area contributed by atoms with Crippen LogP contribution in [0.1, 0.15) is 46.8 Å². The highest BCUT2D eigenvalue weighted by Crippen LogP contribution is 2.44. The van der Waals surface area contributed by atoms with Gasteiger partial charge in [0.1, 0.15) is 11.5 Å². The van der Waals surface area contributed by atoms with Crippen molar-refractivity contribution in [1.29, 1.82) is 0 Å². The third-order valence-corrected chi connectivity index (χ3v) is 6.62. The smallest absolute Gasteiger partial charge is 0.274 e. The Bertz CT molecular complexity index is 910. The molecule has 154 valence electrons. The topological polar surface area (TPSA) is 79.2 Å². The lowest BCUT2D eigenvalue weighted by Gasteiger charge is -2.40. The number of fused-ring (bicyclic) bond motifs is 3. The van der Waals surface area contributed by atoms with Crippen molar-refractivity contribution in [1.82, 2.24) is 29.7 Å². The second-order valence-electron chi connectivity index (χ2n) is 8.78. The van der Waals surface area contributed by atoms with Crippen molar-refractivity contribution in [3.8, 4) is 0 Å². The van der Waals surface area contributed by atoms with Crippen LogP contribution in [0.3, 0.4) is 0 Å². The molecule has 1 spiro atoms. The number of aromatic nitrogens is 4. The minimum absolute atomic E-state index is 0.0440. The Labute approximate surface area is 171 Å². The fraction of sp³-hybridized carbons (Fsp3) is 0.619. The first kappa shape index (κ1) is 18.5. The van der Waals surface area contributed by atoms with Gasteiger partial charge in [0.2, 0.25) is 5.95 Å². The summed E-state index contributed by atoms with van der Waals surface area (Å²) < 4.78 is 2.13. The Balaban J connectivity index is 1.41. The Morgan fingerprint density at radius 3 is 2.93 bits per heavy atom. The van der Waals surface area contributed by atoms with Crippen LogP contribution in [0.2, 0.25) is 0 Å². The summed E-state index contributed by atoms with van der Waals surface area (Å²) in [5.74, 6) is 1.83. The number of nitrogens with zero attached hydrogens (tertiary/aromatic N) is 6. The molecular weight excluding hydrogens is 366 g/mol. The number of hydrogen-bond acceptors (Lipinski definition) is 6. The van der Waals surface area contributed by atoms with E-state index in [1.807, 2.05) is 36.3 Å². The van der Waals surface area contributed by atoms with Crippen molar-refractivity contribution in [2.75, 3.05) is 45.2 Å². The number of carbonyl (C=O) groups excluding carboxylic acids is 1. The van der Waals surface area contributed by atoms with Gasteiger partial charge in [-0.15, -0.1) is 0 Å². The molecule has 1 atom stereocenters.